The molecule has 1 aromatic carbocycles. The number of aromatic amines is 1. The van der Waals surface area contributed by atoms with Crippen LogP contribution in [0.15, 0.2) is 29.1 Å². The van der Waals surface area contributed by atoms with E-state index >= 15 is 0 Å². The second-order valence-electron chi connectivity index (χ2n) is 5.79. The Balaban J connectivity index is 1.82. The molecule has 1 N–H and O–H groups in total. The molecule has 1 aromatic heterocycles. The van der Waals surface area contributed by atoms with E-state index in [9.17, 15) is 18.0 Å². The first-order chi connectivity index (χ1) is 10.8. The lowest BCUT2D eigenvalue weighted by Crippen LogP contribution is -2.27. The van der Waals surface area contributed by atoms with Gasteiger partial charge in [0.15, 0.2) is 0 Å². The summed E-state index contributed by atoms with van der Waals surface area (Å²) in [4.78, 5) is 16.0. The maximum Gasteiger partial charge on any atom is 0.416 e. The number of halogens is 3. The van der Waals surface area contributed by atoms with Gasteiger partial charge in [0.25, 0.3) is 0 Å². The normalized spacial score (nSPS) is 15.3. The fourth-order valence-corrected chi connectivity index (χ4v) is 2.63. The van der Waals surface area contributed by atoms with E-state index in [1.807, 2.05) is 4.90 Å². The maximum absolute atomic E-state index is 13.1. The summed E-state index contributed by atoms with van der Waals surface area (Å²) in [5, 5.41) is 4.06. The van der Waals surface area contributed by atoms with Crippen LogP contribution in [0.25, 0.3) is 0 Å². The molecule has 1 saturated carbocycles. The van der Waals surface area contributed by atoms with E-state index in [1.54, 1.807) is 6.07 Å². The number of H-pyrrole nitrogens is 1. The molecule has 0 radical (unpaired) electrons. The van der Waals surface area contributed by atoms with Gasteiger partial charge < -0.3 is 0 Å². The summed E-state index contributed by atoms with van der Waals surface area (Å²) in [6.45, 7) is 0.506. The van der Waals surface area contributed by atoms with Crippen molar-refractivity contribution < 1.29 is 13.2 Å². The van der Waals surface area contributed by atoms with E-state index < -0.39 is 11.7 Å². The summed E-state index contributed by atoms with van der Waals surface area (Å²) in [6, 6.07) is 5.84. The van der Waals surface area contributed by atoms with Crippen LogP contribution in [0.4, 0.5) is 13.2 Å². The minimum atomic E-state index is -4.37. The van der Waals surface area contributed by atoms with Crippen LogP contribution >= 0.6 is 0 Å². The Morgan fingerprint density at radius 3 is 2.57 bits per heavy atom. The molecule has 1 aliphatic carbocycles. The van der Waals surface area contributed by atoms with Gasteiger partial charge in [0, 0.05) is 19.6 Å². The Kier molecular flexibility index (Phi) is 4.01. The topological polar surface area (TPSA) is 53.9 Å². The van der Waals surface area contributed by atoms with E-state index in [0.29, 0.717) is 12.4 Å². The molecule has 2 aromatic rings. The largest absolute Gasteiger partial charge is 0.416 e. The number of rotatable bonds is 5. The van der Waals surface area contributed by atoms with Crippen molar-refractivity contribution in [3.05, 3.63) is 51.7 Å². The molecule has 0 saturated heterocycles. The summed E-state index contributed by atoms with van der Waals surface area (Å²) in [5.74, 6) is 0.467. The van der Waals surface area contributed by atoms with Crippen molar-refractivity contribution in [1.29, 1.82) is 0 Å². The van der Waals surface area contributed by atoms with Crippen LogP contribution in [0.5, 0.6) is 0 Å². The first-order valence-electron chi connectivity index (χ1n) is 7.36. The molecule has 124 valence electrons. The molecular weight excluding hydrogens is 309 g/mol. The molecule has 0 aliphatic heterocycles. The predicted molar refractivity (Wildman–Crippen MR) is 77.5 cm³/mol. The zero-order valence-corrected chi connectivity index (χ0v) is 12.6. The number of aromatic nitrogens is 3. The van der Waals surface area contributed by atoms with Crippen molar-refractivity contribution in [2.75, 3.05) is 0 Å². The molecule has 0 unspecified atom stereocenters. The minimum Gasteiger partial charge on any atom is -0.292 e. The lowest BCUT2D eigenvalue weighted by Gasteiger charge is -2.23. The number of nitrogens with zero attached hydrogens (tertiary/aromatic N) is 3. The van der Waals surface area contributed by atoms with E-state index in [2.05, 4.69) is 10.1 Å². The van der Waals surface area contributed by atoms with Gasteiger partial charge in [0.05, 0.1) is 12.1 Å². The molecule has 1 aliphatic rings. The number of benzene rings is 1. The van der Waals surface area contributed by atoms with E-state index in [0.717, 1.165) is 18.9 Å². The van der Waals surface area contributed by atoms with Gasteiger partial charge in [-0.15, -0.1) is 0 Å². The number of aryl methyl sites for hydroxylation is 1. The summed E-state index contributed by atoms with van der Waals surface area (Å²) in [6.07, 6.45) is -2.47. The molecule has 0 atom stereocenters. The van der Waals surface area contributed by atoms with Crippen LogP contribution in [0.1, 0.15) is 29.8 Å². The molecule has 8 heteroatoms. The highest BCUT2D eigenvalue weighted by molar-refractivity contribution is 5.29. The zero-order valence-electron chi connectivity index (χ0n) is 12.6. The van der Waals surface area contributed by atoms with Crippen LogP contribution in [0, 0.1) is 0 Å². The smallest absolute Gasteiger partial charge is 0.292 e. The van der Waals surface area contributed by atoms with Gasteiger partial charge in [-0.3, -0.25) is 9.88 Å². The SMILES string of the molecule is Cn1nc(CN(Cc2ccccc2C(F)(F)F)C2CC2)[nH]c1=O. The Morgan fingerprint density at radius 1 is 1.30 bits per heavy atom. The average Bonchev–Trinajstić information content (AvgIpc) is 3.25. The highest BCUT2D eigenvalue weighted by atomic mass is 19.4. The molecule has 5 nitrogen and oxygen atoms in total. The quantitative estimate of drug-likeness (QED) is 0.917. The number of hydrogen-bond acceptors (Lipinski definition) is 3. The summed E-state index contributed by atoms with van der Waals surface area (Å²) >= 11 is 0. The van der Waals surface area contributed by atoms with Gasteiger partial charge in [-0.2, -0.15) is 18.3 Å². The van der Waals surface area contributed by atoms with E-state index in [1.165, 1.54) is 23.9 Å². The van der Waals surface area contributed by atoms with Gasteiger partial charge in [0.1, 0.15) is 5.82 Å². The van der Waals surface area contributed by atoms with Crippen LogP contribution < -0.4 is 5.69 Å². The molecule has 3 rings (SSSR count). The third-order valence-corrected chi connectivity index (χ3v) is 3.93. The Bertz CT molecular complexity index is 746. The van der Waals surface area contributed by atoms with Crippen molar-refractivity contribution >= 4 is 0 Å². The molecular formula is C15H17F3N4O. The van der Waals surface area contributed by atoms with Gasteiger partial charge in [-0.1, -0.05) is 18.2 Å². The number of nitrogens with one attached hydrogen (secondary N) is 1. The highest BCUT2D eigenvalue weighted by Gasteiger charge is 2.35. The van der Waals surface area contributed by atoms with Gasteiger partial charge in [-0.25, -0.2) is 9.48 Å². The maximum atomic E-state index is 13.1. The van der Waals surface area contributed by atoms with Crippen LogP contribution in [0.3, 0.4) is 0 Å². The van der Waals surface area contributed by atoms with Gasteiger partial charge >= 0.3 is 11.9 Å². The number of hydrogen-bond donors (Lipinski definition) is 1. The lowest BCUT2D eigenvalue weighted by molar-refractivity contribution is -0.138. The summed E-state index contributed by atoms with van der Waals surface area (Å²) in [5.41, 5.74) is -0.697. The second kappa shape index (κ2) is 5.84. The first kappa shape index (κ1) is 15.8. The average molecular weight is 326 g/mol. The third-order valence-electron chi connectivity index (χ3n) is 3.93. The minimum absolute atomic E-state index is 0.180. The van der Waals surface area contributed by atoms with Crippen LogP contribution in [-0.2, 0) is 26.3 Å². The molecule has 0 spiro atoms. The Morgan fingerprint density at radius 2 is 2.00 bits per heavy atom. The van der Waals surface area contributed by atoms with Crippen LogP contribution in [0.2, 0.25) is 0 Å². The molecule has 0 bridgehead atoms. The zero-order chi connectivity index (χ0) is 16.6. The standard InChI is InChI=1S/C15H17F3N4O/c1-21-14(23)19-13(20-21)9-22(11-6-7-11)8-10-4-2-3-5-12(10)15(16,17)18/h2-5,11H,6-9H2,1H3,(H,19,20,23). The van der Waals surface area contributed by atoms with Crippen molar-refractivity contribution in [2.24, 2.45) is 7.05 Å². The third kappa shape index (κ3) is 3.64. The lowest BCUT2D eigenvalue weighted by atomic mass is 10.1. The Labute approximate surface area is 130 Å². The van der Waals surface area contributed by atoms with Crippen molar-refractivity contribution in [1.82, 2.24) is 19.7 Å². The van der Waals surface area contributed by atoms with Crippen molar-refractivity contribution in [3.63, 3.8) is 0 Å². The van der Waals surface area contributed by atoms with Crippen molar-refractivity contribution in [3.8, 4) is 0 Å². The fraction of sp³-hybridized carbons (Fsp3) is 0.467. The molecule has 1 heterocycles. The Hall–Kier alpha value is -2.09. The van der Waals surface area contributed by atoms with Crippen LogP contribution in [-0.4, -0.2) is 25.7 Å². The fourth-order valence-electron chi connectivity index (χ4n) is 2.63. The number of alkyl halides is 3. The summed E-state index contributed by atoms with van der Waals surface area (Å²) in [7, 11) is 1.53. The molecule has 0 amide bonds. The highest BCUT2D eigenvalue weighted by Crippen LogP contribution is 2.35. The van der Waals surface area contributed by atoms with E-state index in [-0.39, 0.29) is 23.8 Å². The van der Waals surface area contributed by atoms with Gasteiger partial charge in [0.2, 0.25) is 0 Å². The monoisotopic (exact) mass is 326 g/mol. The first-order valence-corrected chi connectivity index (χ1v) is 7.36. The summed E-state index contributed by atoms with van der Waals surface area (Å²) < 4.78 is 40.5. The second-order valence-corrected chi connectivity index (χ2v) is 5.79. The molecule has 23 heavy (non-hydrogen) atoms. The predicted octanol–water partition coefficient (Wildman–Crippen LogP) is 2.29. The van der Waals surface area contributed by atoms with Crippen molar-refractivity contribution in [2.45, 2.75) is 38.1 Å². The molecule has 1 fully saturated rings. The van der Waals surface area contributed by atoms with E-state index in [4.69, 9.17) is 0 Å². The van der Waals surface area contributed by atoms with Gasteiger partial charge in [-0.05, 0) is 24.5 Å².